The highest BCUT2D eigenvalue weighted by Gasteiger charge is 2.21. The summed E-state index contributed by atoms with van der Waals surface area (Å²) in [4.78, 5) is 19.3. The Morgan fingerprint density at radius 2 is 1.30 bits per heavy atom. The van der Waals surface area contributed by atoms with Crippen LogP contribution in [-0.2, 0) is 0 Å². The molecule has 3 rings (SSSR count). The standard InChI is InChI=1S/C17H30N6/c1-4-20-6-10-22(11-7-20)16-14-15(3)18-17(19-16)23-12-8-21(5-2)9-13-23/h14H,4-13H2,1-3H3. The fourth-order valence-electron chi connectivity index (χ4n) is 3.40. The monoisotopic (exact) mass is 318 g/mol. The highest BCUT2D eigenvalue weighted by Crippen LogP contribution is 2.20. The van der Waals surface area contributed by atoms with Gasteiger partial charge in [-0.3, -0.25) is 0 Å². The Labute approximate surface area is 140 Å². The molecule has 128 valence electrons. The Balaban J connectivity index is 1.70. The van der Waals surface area contributed by atoms with Gasteiger partial charge in [0.2, 0.25) is 5.95 Å². The zero-order valence-corrected chi connectivity index (χ0v) is 14.8. The van der Waals surface area contributed by atoms with Gasteiger partial charge in [0.05, 0.1) is 0 Å². The predicted octanol–water partition coefficient (Wildman–Crippen LogP) is 1.07. The minimum Gasteiger partial charge on any atom is -0.354 e. The molecule has 6 heteroatoms. The molecule has 2 aliphatic rings. The van der Waals surface area contributed by atoms with Gasteiger partial charge < -0.3 is 19.6 Å². The van der Waals surface area contributed by atoms with E-state index >= 15 is 0 Å². The number of aryl methyl sites for hydroxylation is 1. The smallest absolute Gasteiger partial charge is 0.227 e. The zero-order chi connectivity index (χ0) is 16.2. The van der Waals surface area contributed by atoms with Gasteiger partial charge in [0.25, 0.3) is 0 Å². The van der Waals surface area contributed by atoms with E-state index in [0.717, 1.165) is 82.9 Å². The third kappa shape index (κ3) is 3.93. The second-order valence-electron chi connectivity index (χ2n) is 6.51. The lowest BCUT2D eigenvalue weighted by Crippen LogP contribution is -2.48. The van der Waals surface area contributed by atoms with E-state index in [9.17, 15) is 0 Å². The first-order valence-electron chi connectivity index (χ1n) is 9.00. The molecule has 1 aromatic heterocycles. The van der Waals surface area contributed by atoms with E-state index in [1.807, 2.05) is 0 Å². The maximum absolute atomic E-state index is 4.89. The quantitative estimate of drug-likeness (QED) is 0.827. The van der Waals surface area contributed by atoms with Gasteiger partial charge in [0, 0.05) is 64.1 Å². The minimum absolute atomic E-state index is 0.911. The molecule has 2 saturated heterocycles. The summed E-state index contributed by atoms with van der Waals surface area (Å²) < 4.78 is 0. The molecule has 0 radical (unpaired) electrons. The number of nitrogens with zero attached hydrogens (tertiary/aromatic N) is 6. The van der Waals surface area contributed by atoms with Crippen LogP contribution in [0, 0.1) is 6.92 Å². The first-order valence-corrected chi connectivity index (χ1v) is 9.00. The minimum atomic E-state index is 0.911. The Morgan fingerprint density at radius 3 is 1.83 bits per heavy atom. The summed E-state index contributed by atoms with van der Waals surface area (Å²) in [5, 5.41) is 0. The van der Waals surface area contributed by atoms with Crippen molar-refractivity contribution in [1.82, 2.24) is 19.8 Å². The molecular formula is C17H30N6. The Morgan fingerprint density at radius 1 is 0.783 bits per heavy atom. The molecular weight excluding hydrogens is 288 g/mol. The van der Waals surface area contributed by atoms with E-state index in [2.05, 4.69) is 46.4 Å². The van der Waals surface area contributed by atoms with E-state index in [0.29, 0.717) is 0 Å². The largest absolute Gasteiger partial charge is 0.354 e. The SMILES string of the molecule is CCN1CCN(c2cc(C)nc(N3CCN(CC)CC3)n2)CC1. The number of likely N-dealkylation sites (N-methyl/N-ethyl adjacent to an activating group) is 2. The van der Waals surface area contributed by atoms with Crippen molar-refractivity contribution in [1.29, 1.82) is 0 Å². The van der Waals surface area contributed by atoms with Crippen molar-refractivity contribution in [2.75, 3.05) is 75.2 Å². The fourth-order valence-corrected chi connectivity index (χ4v) is 3.40. The molecule has 6 nitrogen and oxygen atoms in total. The molecule has 0 aliphatic carbocycles. The summed E-state index contributed by atoms with van der Waals surface area (Å²) in [5.41, 5.74) is 1.07. The van der Waals surface area contributed by atoms with Gasteiger partial charge in [-0.1, -0.05) is 13.8 Å². The lowest BCUT2D eigenvalue weighted by Gasteiger charge is -2.36. The summed E-state index contributed by atoms with van der Waals surface area (Å²) in [6.45, 7) is 17.5. The number of hydrogen-bond acceptors (Lipinski definition) is 6. The Kier molecular flexibility index (Phi) is 5.33. The van der Waals surface area contributed by atoms with Crippen LogP contribution in [0.15, 0.2) is 6.07 Å². The molecule has 0 N–H and O–H groups in total. The van der Waals surface area contributed by atoms with Crippen molar-refractivity contribution in [2.24, 2.45) is 0 Å². The number of aromatic nitrogens is 2. The summed E-state index contributed by atoms with van der Waals surface area (Å²) in [6.07, 6.45) is 0. The highest BCUT2D eigenvalue weighted by atomic mass is 15.3. The zero-order valence-electron chi connectivity index (χ0n) is 14.8. The molecule has 0 unspecified atom stereocenters. The Hall–Kier alpha value is -1.40. The summed E-state index contributed by atoms with van der Waals surface area (Å²) in [6, 6.07) is 2.13. The Bertz CT molecular complexity index is 462. The van der Waals surface area contributed by atoms with Crippen LogP contribution in [0.2, 0.25) is 0 Å². The molecule has 0 saturated carbocycles. The molecule has 0 atom stereocenters. The van der Waals surface area contributed by atoms with Crippen LogP contribution in [0.4, 0.5) is 11.8 Å². The van der Waals surface area contributed by atoms with E-state index in [-0.39, 0.29) is 0 Å². The van der Waals surface area contributed by atoms with Crippen LogP contribution >= 0.6 is 0 Å². The number of rotatable bonds is 4. The first-order chi connectivity index (χ1) is 11.2. The molecule has 0 spiro atoms. The number of hydrogen-bond donors (Lipinski definition) is 0. The van der Waals surface area contributed by atoms with Crippen LogP contribution < -0.4 is 9.80 Å². The van der Waals surface area contributed by atoms with Crippen LogP contribution in [0.3, 0.4) is 0 Å². The number of piperazine rings is 2. The van der Waals surface area contributed by atoms with E-state index in [1.54, 1.807) is 0 Å². The molecule has 2 fully saturated rings. The number of anilines is 2. The molecule has 1 aromatic rings. The van der Waals surface area contributed by atoms with E-state index in [1.165, 1.54) is 0 Å². The van der Waals surface area contributed by atoms with Gasteiger partial charge in [0.1, 0.15) is 5.82 Å². The second kappa shape index (κ2) is 7.45. The summed E-state index contributed by atoms with van der Waals surface area (Å²) >= 11 is 0. The molecule has 3 heterocycles. The van der Waals surface area contributed by atoms with Gasteiger partial charge in [-0.15, -0.1) is 0 Å². The maximum atomic E-state index is 4.89. The second-order valence-corrected chi connectivity index (χ2v) is 6.51. The van der Waals surface area contributed by atoms with Gasteiger partial charge in [0.15, 0.2) is 0 Å². The lowest BCUT2D eigenvalue weighted by molar-refractivity contribution is 0.268. The summed E-state index contributed by atoms with van der Waals surface area (Å²) in [7, 11) is 0. The van der Waals surface area contributed by atoms with Gasteiger partial charge in [-0.25, -0.2) is 4.98 Å². The van der Waals surface area contributed by atoms with Gasteiger partial charge >= 0.3 is 0 Å². The van der Waals surface area contributed by atoms with Crippen LogP contribution in [0.5, 0.6) is 0 Å². The normalized spacial score (nSPS) is 21.0. The average molecular weight is 318 g/mol. The fraction of sp³-hybridized carbons (Fsp3) is 0.765. The van der Waals surface area contributed by atoms with E-state index in [4.69, 9.17) is 9.97 Å². The molecule has 0 aromatic carbocycles. The van der Waals surface area contributed by atoms with Crippen LogP contribution in [-0.4, -0.2) is 85.2 Å². The van der Waals surface area contributed by atoms with Crippen molar-refractivity contribution in [3.05, 3.63) is 11.8 Å². The first kappa shape index (κ1) is 16.5. The van der Waals surface area contributed by atoms with Crippen LogP contribution in [0.25, 0.3) is 0 Å². The predicted molar refractivity (Wildman–Crippen MR) is 95.4 cm³/mol. The van der Waals surface area contributed by atoms with Crippen molar-refractivity contribution < 1.29 is 0 Å². The lowest BCUT2D eigenvalue weighted by atomic mass is 10.3. The average Bonchev–Trinajstić information content (AvgIpc) is 2.61. The van der Waals surface area contributed by atoms with Gasteiger partial charge in [-0.2, -0.15) is 4.98 Å². The van der Waals surface area contributed by atoms with Crippen molar-refractivity contribution in [3.8, 4) is 0 Å². The molecule has 2 aliphatic heterocycles. The third-order valence-corrected chi connectivity index (χ3v) is 5.07. The molecule has 23 heavy (non-hydrogen) atoms. The third-order valence-electron chi connectivity index (χ3n) is 5.07. The topological polar surface area (TPSA) is 38.7 Å². The van der Waals surface area contributed by atoms with Crippen molar-refractivity contribution in [2.45, 2.75) is 20.8 Å². The van der Waals surface area contributed by atoms with E-state index < -0.39 is 0 Å². The molecule has 0 amide bonds. The van der Waals surface area contributed by atoms with Crippen molar-refractivity contribution >= 4 is 11.8 Å². The molecule has 0 bridgehead atoms. The maximum Gasteiger partial charge on any atom is 0.227 e. The van der Waals surface area contributed by atoms with Crippen LogP contribution in [0.1, 0.15) is 19.5 Å². The summed E-state index contributed by atoms with van der Waals surface area (Å²) in [5.74, 6) is 2.01. The van der Waals surface area contributed by atoms with Gasteiger partial charge in [-0.05, 0) is 20.0 Å². The highest BCUT2D eigenvalue weighted by molar-refractivity contribution is 5.46. The van der Waals surface area contributed by atoms with Crippen molar-refractivity contribution in [3.63, 3.8) is 0 Å².